The molecular formula is C15H16N2O6S2. The molecule has 0 saturated heterocycles. The van der Waals surface area contributed by atoms with E-state index in [0.717, 1.165) is 10.5 Å². The number of amides is 1. The lowest BCUT2D eigenvalue weighted by molar-refractivity contribution is -0.171. The number of methoxy groups -OCH3 is 1. The van der Waals surface area contributed by atoms with Crippen LogP contribution in [0.1, 0.15) is 4.88 Å². The first-order valence-electron chi connectivity index (χ1n) is 7.35. The minimum atomic E-state index is -2.01. The number of carbonyl (C=O) groups excluding carboxylic acids is 2. The van der Waals surface area contributed by atoms with Crippen molar-refractivity contribution in [3.05, 3.63) is 33.7 Å². The number of thiophene rings is 1. The normalized spacial score (nSPS) is 21.8. The van der Waals surface area contributed by atoms with Gasteiger partial charge in [0.05, 0.1) is 6.42 Å². The number of carbonyl (C=O) groups is 3. The zero-order valence-corrected chi connectivity index (χ0v) is 14.9. The summed E-state index contributed by atoms with van der Waals surface area (Å²) in [5.74, 6) is -1.95. The van der Waals surface area contributed by atoms with E-state index >= 15 is 0 Å². The molecule has 25 heavy (non-hydrogen) atoms. The zero-order valence-electron chi connectivity index (χ0n) is 13.2. The van der Waals surface area contributed by atoms with Gasteiger partial charge in [0, 0.05) is 23.3 Å². The monoisotopic (exact) mass is 384 g/mol. The molecule has 0 spiro atoms. The van der Waals surface area contributed by atoms with Gasteiger partial charge in [0.1, 0.15) is 17.7 Å². The Morgan fingerprint density at radius 2 is 2.36 bits per heavy atom. The topological polar surface area (TPSA) is 114 Å². The van der Waals surface area contributed by atoms with E-state index in [4.69, 9.17) is 9.47 Å². The molecule has 0 saturated carbocycles. The van der Waals surface area contributed by atoms with Gasteiger partial charge in [0.15, 0.2) is 0 Å². The zero-order chi connectivity index (χ0) is 18.0. The number of carboxylic acids is 1. The highest BCUT2D eigenvalue weighted by Gasteiger charge is 2.51. The quantitative estimate of drug-likeness (QED) is 0.474. The highest BCUT2D eigenvalue weighted by Crippen LogP contribution is 2.33. The second-order valence-electron chi connectivity index (χ2n) is 5.44. The van der Waals surface area contributed by atoms with Crippen molar-refractivity contribution >= 4 is 40.9 Å². The highest BCUT2D eigenvalue weighted by atomic mass is 32.2. The number of esters is 1. The summed E-state index contributed by atoms with van der Waals surface area (Å²) in [6.07, 6.45) is 0.0451. The third kappa shape index (κ3) is 3.37. The summed E-state index contributed by atoms with van der Waals surface area (Å²) < 4.78 is 10.2. The predicted octanol–water partition coefficient (Wildman–Crippen LogP) is 0.307. The van der Waals surface area contributed by atoms with Gasteiger partial charge in [-0.25, -0.2) is 9.59 Å². The number of thioether (sulfide) groups is 1. The first-order valence-corrected chi connectivity index (χ1v) is 9.28. The van der Waals surface area contributed by atoms with Crippen molar-refractivity contribution in [3.8, 4) is 0 Å². The summed E-state index contributed by atoms with van der Waals surface area (Å²) in [7, 11) is 1.21. The van der Waals surface area contributed by atoms with E-state index in [2.05, 4.69) is 10.6 Å². The van der Waals surface area contributed by atoms with E-state index in [1.165, 1.54) is 30.2 Å². The van der Waals surface area contributed by atoms with E-state index in [1.54, 1.807) is 6.07 Å². The summed E-state index contributed by atoms with van der Waals surface area (Å²) in [5.41, 5.74) is -0.995. The number of cyclic esters (lactones) is 1. The minimum Gasteiger partial charge on any atom is -0.478 e. The van der Waals surface area contributed by atoms with Crippen LogP contribution in [0.15, 0.2) is 28.8 Å². The summed E-state index contributed by atoms with van der Waals surface area (Å²) in [6.45, 7) is 0.193. The lowest BCUT2D eigenvalue weighted by atomic mass is 10.1. The van der Waals surface area contributed by atoms with Gasteiger partial charge < -0.3 is 25.2 Å². The largest absolute Gasteiger partial charge is 0.478 e. The van der Waals surface area contributed by atoms with Gasteiger partial charge in [0.2, 0.25) is 5.91 Å². The van der Waals surface area contributed by atoms with Crippen LogP contribution in [0.4, 0.5) is 0 Å². The number of rotatable bonds is 6. The van der Waals surface area contributed by atoms with E-state index in [-0.39, 0.29) is 18.7 Å². The molecule has 1 amide bonds. The average Bonchev–Trinajstić information content (AvgIpc) is 3.22. The van der Waals surface area contributed by atoms with Crippen molar-refractivity contribution in [2.45, 2.75) is 17.5 Å². The second-order valence-corrected chi connectivity index (χ2v) is 7.56. The van der Waals surface area contributed by atoms with Crippen LogP contribution in [0.3, 0.4) is 0 Å². The van der Waals surface area contributed by atoms with Crippen molar-refractivity contribution in [3.63, 3.8) is 0 Å². The first-order chi connectivity index (χ1) is 12.0. The van der Waals surface area contributed by atoms with Crippen LogP contribution in [0.25, 0.3) is 0 Å². The smallest absolute Gasteiger partial charge is 0.360 e. The van der Waals surface area contributed by atoms with Crippen molar-refractivity contribution < 1.29 is 29.0 Å². The number of nitrogens with one attached hydrogen (secondary N) is 2. The molecule has 2 aliphatic rings. The molecule has 134 valence electrons. The van der Waals surface area contributed by atoms with Gasteiger partial charge in [-0.1, -0.05) is 6.07 Å². The Hall–Kier alpha value is -2.04. The summed E-state index contributed by atoms with van der Waals surface area (Å²) >= 11 is 2.64. The SMILES string of the molecule is CO[C@](NC(=O)Cc1cccs1)(C(=O)O)[C@@H]1NC2=C(COC2=O)CS1. The van der Waals surface area contributed by atoms with Crippen LogP contribution in [0.5, 0.6) is 0 Å². The van der Waals surface area contributed by atoms with E-state index < -0.39 is 28.9 Å². The molecule has 0 aliphatic carbocycles. The fourth-order valence-electron chi connectivity index (χ4n) is 2.59. The van der Waals surface area contributed by atoms with E-state index in [9.17, 15) is 19.5 Å². The van der Waals surface area contributed by atoms with Crippen molar-refractivity contribution in [1.82, 2.24) is 10.6 Å². The molecule has 0 radical (unpaired) electrons. The van der Waals surface area contributed by atoms with Crippen LogP contribution >= 0.6 is 23.1 Å². The molecule has 1 aromatic rings. The molecule has 8 nitrogen and oxygen atoms in total. The Morgan fingerprint density at radius 1 is 1.56 bits per heavy atom. The fourth-order valence-corrected chi connectivity index (χ4v) is 4.58. The number of hydrogen-bond acceptors (Lipinski definition) is 8. The molecule has 2 atom stereocenters. The lowest BCUT2D eigenvalue weighted by Gasteiger charge is -2.38. The van der Waals surface area contributed by atoms with Crippen molar-refractivity contribution in [2.24, 2.45) is 0 Å². The molecule has 0 bridgehead atoms. The van der Waals surface area contributed by atoms with Crippen LogP contribution < -0.4 is 10.6 Å². The number of hydrogen-bond donors (Lipinski definition) is 3. The highest BCUT2D eigenvalue weighted by molar-refractivity contribution is 8.00. The Morgan fingerprint density at radius 3 is 3.00 bits per heavy atom. The van der Waals surface area contributed by atoms with Gasteiger partial charge >= 0.3 is 11.9 Å². The molecule has 10 heteroatoms. The van der Waals surface area contributed by atoms with Crippen LogP contribution in [0.2, 0.25) is 0 Å². The third-order valence-corrected chi connectivity index (χ3v) is 6.06. The second kappa shape index (κ2) is 7.06. The van der Waals surface area contributed by atoms with Crippen molar-refractivity contribution in [1.29, 1.82) is 0 Å². The lowest BCUT2D eigenvalue weighted by Crippen LogP contribution is -2.67. The third-order valence-electron chi connectivity index (χ3n) is 3.88. The van der Waals surface area contributed by atoms with Gasteiger partial charge in [-0.05, 0) is 11.4 Å². The maximum absolute atomic E-state index is 12.3. The molecule has 3 heterocycles. The molecule has 0 aromatic carbocycles. The Labute approximate surface area is 151 Å². The molecule has 3 rings (SSSR count). The first kappa shape index (κ1) is 17.8. The molecule has 3 N–H and O–H groups in total. The van der Waals surface area contributed by atoms with Gasteiger partial charge in [-0.2, -0.15) is 0 Å². The van der Waals surface area contributed by atoms with E-state index in [1.807, 2.05) is 11.4 Å². The standard InChI is InChI=1S/C15H16N2O6S2/c1-22-15(14(20)21,17-10(18)5-9-3-2-4-24-9)13-16-11-8(7-25-13)6-23-12(11)19/h2-4,13,16H,5-7H2,1H3,(H,17,18)(H,20,21)/t13-,15+/m1/s1. The number of aliphatic carboxylic acids is 1. The Balaban J connectivity index is 1.80. The summed E-state index contributed by atoms with van der Waals surface area (Å²) in [6, 6.07) is 3.60. The van der Waals surface area contributed by atoms with E-state index in [0.29, 0.717) is 5.75 Å². The Kier molecular flexibility index (Phi) is 5.02. The van der Waals surface area contributed by atoms with Gasteiger partial charge in [0.25, 0.3) is 5.72 Å². The molecule has 2 aliphatic heterocycles. The maximum Gasteiger partial charge on any atom is 0.360 e. The van der Waals surface area contributed by atoms with Crippen molar-refractivity contribution in [2.75, 3.05) is 19.5 Å². The predicted molar refractivity (Wildman–Crippen MR) is 90.9 cm³/mol. The van der Waals surface area contributed by atoms with Gasteiger partial charge in [-0.3, -0.25) is 4.79 Å². The average molecular weight is 384 g/mol. The summed E-state index contributed by atoms with van der Waals surface area (Å²) in [5, 5.41) is 16.0. The maximum atomic E-state index is 12.3. The van der Waals surface area contributed by atoms with Crippen LogP contribution in [-0.2, 0) is 30.3 Å². The number of ether oxygens (including phenoxy) is 2. The molecule has 1 aromatic heterocycles. The Bertz CT molecular complexity index is 732. The number of carboxylic acid groups (broad SMARTS) is 1. The summed E-state index contributed by atoms with van der Waals surface area (Å²) in [4.78, 5) is 36.8. The fraction of sp³-hybridized carbons (Fsp3) is 0.400. The van der Waals surface area contributed by atoms with Crippen LogP contribution in [-0.4, -0.2) is 53.5 Å². The minimum absolute atomic E-state index is 0.0451. The molecule has 0 fully saturated rings. The van der Waals surface area contributed by atoms with Gasteiger partial charge in [-0.15, -0.1) is 23.1 Å². The van der Waals surface area contributed by atoms with Crippen LogP contribution in [0, 0.1) is 0 Å². The molecule has 0 unspecified atom stereocenters. The molecular weight excluding hydrogens is 368 g/mol.